The van der Waals surface area contributed by atoms with Crippen LogP contribution in [0.4, 0.5) is 4.39 Å². The molecule has 23 heavy (non-hydrogen) atoms. The Labute approximate surface area is 141 Å². The number of nitrogens with zero attached hydrogens (tertiary/aromatic N) is 1. The van der Waals surface area contributed by atoms with E-state index in [1.165, 1.54) is 28.1 Å². The number of hydrogen-bond donors (Lipinski definition) is 2. The molecule has 0 atom stereocenters. The number of halogens is 1. The Morgan fingerprint density at radius 2 is 2.26 bits per heavy atom. The number of rotatable bonds is 7. The average molecular weight is 352 g/mol. The van der Waals surface area contributed by atoms with Gasteiger partial charge in [0.25, 0.3) is 0 Å². The fourth-order valence-electron chi connectivity index (χ4n) is 2.39. The van der Waals surface area contributed by atoms with Crippen molar-refractivity contribution in [2.75, 3.05) is 19.4 Å². The van der Waals surface area contributed by atoms with E-state index in [2.05, 4.69) is 16.8 Å². The Balaban J connectivity index is 1.69. The fraction of sp³-hybridized carbons (Fsp3) is 0.250. The third-order valence-electron chi connectivity index (χ3n) is 3.44. The summed E-state index contributed by atoms with van der Waals surface area (Å²) in [5.41, 5.74) is 1.49. The molecule has 4 nitrogen and oxygen atoms in total. The number of benzene rings is 1. The van der Waals surface area contributed by atoms with Crippen LogP contribution >= 0.6 is 23.1 Å². The quantitative estimate of drug-likeness (QED) is 0.505. The van der Waals surface area contributed by atoms with Gasteiger partial charge in [-0.2, -0.15) is 11.3 Å². The van der Waals surface area contributed by atoms with Crippen LogP contribution in [-0.2, 0) is 6.54 Å². The first kappa shape index (κ1) is 16.2. The largest absolute Gasteiger partial charge is 0.492 e. The highest BCUT2D eigenvalue weighted by Crippen LogP contribution is 2.37. The Morgan fingerprint density at radius 3 is 3.00 bits per heavy atom. The van der Waals surface area contributed by atoms with Crippen LogP contribution in [0.15, 0.2) is 39.9 Å². The van der Waals surface area contributed by atoms with Crippen molar-refractivity contribution >= 4 is 34.0 Å². The van der Waals surface area contributed by atoms with Crippen molar-refractivity contribution in [3.63, 3.8) is 0 Å². The Bertz CT molecular complexity index is 787. The maximum Gasteiger partial charge on any atom is 0.240 e. The summed E-state index contributed by atoms with van der Waals surface area (Å²) >= 11 is 3.02. The lowest BCUT2D eigenvalue weighted by Crippen LogP contribution is -2.24. The molecule has 2 N–H and O–H groups in total. The Kier molecular flexibility index (Phi) is 5.09. The maximum atomic E-state index is 14.1. The number of nitrogens with one attached hydrogen (secondary N) is 1. The van der Waals surface area contributed by atoms with E-state index in [-0.39, 0.29) is 11.4 Å². The highest BCUT2D eigenvalue weighted by molar-refractivity contribution is 7.99. The zero-order chi connectivity index (χ0) is 16.2. The summed E-state index contributed by atoms with van der Waals surface area (Å²) < 4.78 is 15.3. The van der Waals surface area contributed by atoms with Gasteiger partial charge in [0.15, 0.2) is 5.82 Å². The summed E-state index contributed by atoms with van der Waals surface area (Å²) in [4.78, 5) is 6.20. The maximum absolute atomic E-state index is 14.1. The van der Waals surface area contributed by atoms with Gasteiger partial charge in [-0.3, -0.25) is 0 Å². The molecule has 0 saturated heterocycles. The molecule has 2 aromatic heterocycles. The molecular weight excluding hydrogens is 335 g/mol. The molecule has 3 rings (SSSR count). The van der Waals surface area contributed by atoms with Gasteiger partial charge in [-0.1, -0.05) is 12.1 Å². The van der Waals surface area contributed by atoms with Crippen LogP contribution in [0, 0.1) is 5.82 Å². The van der Waals surface area contributed by atoms with E-state index in [4.69, 9.17) is 4.84 Å². The summed E-state index contributed by atoms with van der Waals surface area (Å²) in [5, 5.41) is 18.3. The van der Waals surface area contributed by atoms with Crippen molar-refractivity contribution in [1.29, 1.82) is 0 Å². The number of thioether (sulfide) groups is 1. The van der Waals surface area contributed by atoms with Gasteiger partial charge in [0.05, 0.1) is 4.90 Å². The topological polar surface area (TPSA) is 46.4 Å². The van der Waals surface area contributed by atoms with Crippen LogP contribution in [0.2, 0.25) is 0 Å². The van der Waals surface area contributed by atoms with Crippen LogP contribution in [0.3, 0.4) is 0 Å². The predicted octanol–water partition coefficient (Wildman–Crippen LogP) is 3.49. The molecule has 3 aromatic rings. The van der Waals surface area contributed by atoms with Gasteiger partial charge < -0.3 is 15.3 Å². The first-order valence-corrected chi connectivity index (χ1v) is 9.30. The first-order chi connectivity index (χ1) is 11.2. The van der Waals surface area contributed by atoms with E-state index in [0.717, 1.165) is 6.54 Å². The molecule has 0 aliphatic carbocycles. The molecule has 0 radical (unpaired) electrons. The Morgan fingerprint density at radius 1 is 1.39 bits per heavy atom. The molecule has 2 heterocycles. The van der Waals surface area contributed by atoms with Crippen molar-refractivity contribution < 1.29 is 14.3 Å². The number of thiophene rings is 1. The van der Waals surface area contributed by atoms with E-state index >= 15 is 0 Å². The molecule has 7 heteroatoms. The highest BCUT2D eigenvalue weighted by Gasteiger charge is 2.19. The molecular formula is C16H17FN2O2S2. The second-order valence-corrected chi connectivity index (χ2v) is 6.53. The lowest BCUT2D eigenvalue weighted by molar-refractivity contribution is 0.0998. The van der Waals surface area contributed by atoms with E-state index in [0.29, 0.717) is 23.4 Å². The van der Waals surface area contributed by atoms with Gasteiger partial charge >= 0.3 is 0 Å². The Hall–Kier alpha value is -1.70. The molecule has 0 fully saturated rings. The smallest absolute Gasteiger partial charge is 0.240 e. The molecule has 122 valence electrons. The van der Waals surface area contributed by atoms with Gasteiger partial charge in [0.2, 0.25) is 5.88 Å². The van der Waals surface area contributed by atoms with Crippen LogP contribution in [0.25, 0.3) is 10.9 Å². The second-order valence-electron chi connectivity index (χ2n) is 4.93. The summed E-state index contributed by atoms with van der Waals surface area (Å²) in [6, 6.07) is 6.83. The van der Waals surface area contributed by atoms with Crippen molar-refractivity contribution in [3.05, 3.63) is 46.4 Å². The van der Waals surface area contributed by atoms with Gasteiger partial charge in [0, 0.05) is 18.5 Å². The third kappa shape index (κ3) is 3.31. The zero-order valence-electron chi connectivity index (χ0n) is 12.6. The van der Waals surface area contributed by atoms with E-state index in [1.807, 2.05) is 11.6 Å². The minimum absolute atomic E-state index is 0.0598. The zero-order valence-corrected chi connectivity index (χ0v) is 14.2. The van der Waals surface area contributed by atoms with Gasteiger partial charge in [-0.25, -0.2) is 4.39 Å². The first-order valence-electron chi connectivity index (χ1n) is 7.13. The average Bonchev–Trinajstić information content (AvgIpc) is 3.14. The number of aromatic nitrogens is 1. The monoisotopic (exact) mass is 352 g/mol. The van der Waals surface area contributed by atoms with Crippen molar-refractivity contribution in [1.82, 2.24) is 10.0 Å². The molecule has 0 spiro atoms. The fourth-order valence-corrected chi connectivity index (χ4v) is 3.70. The number of fused-ring (bicyclic) bond motifs is 1. The third-order valence-corrected chi connectivity index (χ3v) is 4.99. The van der Waals surface area contributed by atoms with E-state index < -0.39 is 5.82 Å². The molecule has 0 bridgehead atoms. The predicted molar refractivity (Wildman–Crippen MR) is 92.8 cm³/mol. The van der Waals surface area contributed by atoms with Crippen LogP contribution in [0.5, 0.6) is 5.88 Å². The minimum atomic E-state index is -0.413. The number of aromatic hydroxyl groups is 1. The molecule has 1 aromatic carbocycles. The summed E-state index contributed by atoms with van der Waals surface area (Å²) in [5.74, 6) is -0.472. The van der Waals surface area contributed by atoms with Crippen molar-refractivity contribution in [2.24, 2.45) is 0 Å². The van der Waals surface area contributed by atoms with Crippen LogP contribution < -0.4 is 10.2 Å². The van der Waals surface area contributed by atoms with Gasteiger partial charge in [0.1, 0.15) is 12.1 Å². The van der Waals surface area contributed by atoms with Crippen molar-refractivity contribution in [3.8, 4) is 5.88 Å². The molecule has 0 saturated carbocycles. The van der Waals surface area contributed by atoms with Crippen molar-refractivity contribution in [2.45, 2.75) is 11.4 Å². The molecule has 0 aliphatic heterocycles. The highest BCUT2D eigenvalue weighted by atomic mass is 32.2. The minimum Gasteiger partial charge on any atom is -0.492 e. The lowest BCUT2D eigenvalue weighted by atomic mass is 10.2. The number of hydrogen-bond acceptors (Lipinski definition) is 5. The normalized spacial score (nSPS) is 11.2. The molecule has 0 amide bonds. The summed E-state index contributed by atoms with van der Waals surface area (Å²) in [7, 11) is 0. The molecule has 0 unspecified atom stereocenters. The van der Waals surface area contributed by atoms with Crippen LogP contribution in [-0.4, -0.2) is 29.2 Å². The van der Waals surface area contributed by atoms with Gasteiger partial charge in [-0.15, -0.1) is 16.5 Å². The lowest BCUT2D eigenvalue weighted by Gasteiger charge is -2.10. The number of para-hydroxylation sites is 1. The SMILES string of the molecule is CSc1c(O)n(OCCNCc2ccsc2)c2c(F)cccc12. The van der Waals surface area contributed by atoms with E-state index in [1.54, 1.807) is 23.5 Å². The van der Waals surface area contributed by atoms with Gasteiger partial charge in [-0.05, 0) is 34.7 Å². The van der Waals surface area contributed by atoms with E-state index in [9.17, 15) is 9.50 Å². The summed E-state index contributed by atoms with van der Waals surface area (Å²) in [6.07, 6.45) is 1.84. The summed E-state index contributed by atoms with van der Waals surface area (Å²) in [6.45, 7) is 1.68. The standard InChI is InChI=1S/C16H17FN2O2S2/c1-22-15-12-3-2-4-13(17)14(12)19(16(15)20)21-7-6-18-9-11-5-8-23-10-11/h2-5,8,10,18,20H,6-7,9H2,1H3. The van der Waals surface area contributed by atoms with Crippen LogP contribution in [0.1, 0.15) is 5.56 Å². The molecule has 0 aliphatic rings. The second kappa shape index (κ2) is 7.25.